The van der Waals surface area contributed by atoms with Crippen LogP contribution < -0.4 is 16.2 Å². The van der Waals surface area contributed by atoms with Gasteiger partial charge >= 0.3 is 6.18 Å². The van der Waals surface area contributed by atoms with Crippen LogP contribution in [0.1, 0.15) is 18.4 Å². The zero-order chi connectivity index (χ0) is 24.6. The van der Waals surface area contributed by atoms with Crippen molar-refractivity contribution in [1.29, 1.82) is 5.26 Å². The molecule has 0 amide bonds. The second-order valence-electron chi connectivity index (χ2n) is 8.17. The van der Waals surface area contributed by atoms with Crippen LogP contribution in [0.4, 0.5) is 23.5 Å². The Balaban J connectivity index is 1.90. The van der Waals surface area contributed by atoms with Gasteiger partial charge in [0.1, 0.15) is 18.4 Å². The van der Waals surface area contributed by atoms with E-state index in [1.165, 1.54) is 23.7 Å². The fourth-order valence-electron chi connectivity index (χ4n) is 3.96. The normalized spacial score (nSPS) is 14.9. The molecule has 2 N–H and O–H groups in total. The molecule has 0 saturated carbocycles. The molecule has 0 spiro atoms. The Morgan fingerprint density at radius 1 is 1.24 bits per heavy atom. The van der Waals surface area contributed by atoms with Gasteiger partial charge in [-0.25, -0.2) is 9.37 Å². The summed E-state index contributed by atoms with van der Waals surface area (Å²) in [5.74, 6) is -0.463. The Morgan fingerprint density at radius 2 is 1.94 bits per heavy atom. The number of alkyl halides is 3. The van der Waals surface area contributed by atoms with Crippen molar-refractivity contribution in [2.45, 2.75) is 31.6 Å². The standard InChI is InChI=1S/C22H21F4N7O/c1-31-20(34)18(15-10-29-33(11-15)12-22(24,25)26)19(13-2-3-14(9-27)17(23)8-13)30-21(31)32-6-4-16(28)5-7-32/h2-3,8,10-11,16H,4-7,12,28H2,1H3. The lowest BCUT2D eigenvalue weighted by atomic mass is 10.0. The molecule has 1 aliphatic heterocycles. The first-order valence-corrected chi connectivity index (χ1v) is 10.5. The Bertz CT molecular complexity index is 1310. The highest BCUT2D eigenvalue weighted by Gasteiger charge is 2.29. The van der Waals surface area contributed by atoms with Crippen molar-refractivity contribution >= 4 is 5.95 Å². The summed E-state index contributed by atoms with van der Waals surface area (Å²) in [6.45, 7) is -0.204. The van der Waals surface area contributed by atoms with Crippen LogP contribution in [-0.4, -0.2) is 44.6 Å². The highest BCUT2D eigenvalue weighted by molar-refractivity contribution is 5.80. The molecule has 3 aromatic rings. The van der Waals surface area contributed by atoms with Gasteiger partial charge in [0.2, 0.25) is 5.95 Å². The molecule has 1 aromatic carbocycles. The molecular formula is C22H21F4N7O. The highest BCUT2D eigenvalue weighted by atomic mass is 19.4. The number of aromatic nitrogens is 4. The Hall–Kier alpha value is -3.72. The quantitative estimate of drug-likeness (QED) is 0.582. The topological polar surface area (TPSA) is 106 Å². The first kappa shape index (κ1) is 23.4. The monoisotopic (exact) mass is 475 g/mol. The van der Waals surface area contributed by atoms with Gasteiger partial charge in [0.15, 0.2) is 0 Å². The minimum atomic E-state index is -4.50. The summed E-state index contributed by atoms with van der Waals surface area (Å²) < 4.78 is 54.9. The molecule has 12 heteroatoms. The van der Waals surface area contributed by atoms with Gasteiger partial charge < -0.3 is 10.6 Å². The Labute approximate surface area is 191 Å². The van der Waals surface area contributed by atoms with E-state index in [1.54, 1.807) is 6.07 Å². The molecule has 0 aliphatic carbocycles. The van der Waals surface area contributed by atoms with Gasteiger partial charge in [0.25, 0.3) is 5.56 Å². The van der Waals surface area contributed by atoms with E-state index >= 15 is 0 Å². The number of anilines is 1. The van der Waals surface area contributed by atoms with E-state index in [4.69, 9.17) is 11.0 Å². The number of benzene rings is 1. The zero-order valence-electron chi connectivity index (χ0n) is 18.2. The van der Waals surface area contributed by atoms with E-state index in [0.29, 0.717) is 36.6 Å². The predicted octanol–water partition coefficient (Wildman–Crippen LogP) is 2.81. The van der Waals surface area contributed by atoms with E-state index in [1.807, 2.05) is 4.90 Å². The molecular weight excluding hydrogens is 454 g/mol. The summed E-state index contributed by atoms with van der Waals surface area (Å²) in [4.78, 5) is 20.0. The van der Waals surface area contributed by atoms with E-state index in [-0.39, 0.29) is 34.0 Å². The van der Waals surface area contributed by atoms with Gasteiger partial charge in [-0.2, -0.15) is 23.5 Å². The fourth-order valence-corrected chi connectivity index (χ4v) is 3.96. The van der Waals surface area contributed by atoms with E-state index in [0.717, 1.165) is 18.5 Å². The number of nitriles is 1. The Kier molecular flexibility index (Phi) is 6.14. The average Bonchev–Trinajstić information content (AvgIpc) is 3.22. The number of rotatable bonds is 4. The lowest BCUT2D eigenvalue weighted by Gasteiger charge is -2.32. The molecule has 1 aliphatic rings. The van der Waals surface area contributed by atoms with Crippen LogP contribution in [0.3, 0.4) is 0 Å². The first-order valence-electron chi connectivity index (χ1n) is 10.5. The third-order valence-corrected chi connectivity index (χ3v) is 5.72. The molecule has 8 nitrogen and oxygen atoms in total. The summed E-state index contributed by atoms with van der Waals surface area (Å²) >= 11 is 0. The summed E-state index contributed by atoms with van der Waals surface area (Å²) in [6.07, 6.45) is -0.849. The van der Waals surface area contributed by atoms with Crippen molar-refractivity contribution < 1.29 is 17.6 Å². The van der Waals surface area contributed by atoms with Crippen LogP contribution in [0.25, 0.3) is 22.4 Å². The Morgan fingerprint density at radius 3 is 2.56 bits per heavy atom. The minimum absolute atomic E-state index is 0.0162. The second kappa shape index (κ2) is 8.90. The zero-order valence-corrected chi connectivity index (χ0v) is 18.2. The molecule has 34 heavy (non-hydrogen) atoms. The van der Waals surface area contributed by atoms with Crippen LogP contribution in [0.2, 0.25) is 0 Å². The SMILES string of the molecule is Cn1c(N2CCC(N)CC2)nc(-c2ccc(C#N)c(F)c2)c(-c2cnn(CC(F)(F)F)c2)c1=O. The van der Waals surface area contributed by atoms with Crippen LogP contribution in [0, 0.1) is 17.1 Å². The van der Waals surface area contributed by atoms with Crippen molar-refractivity contribution in [3.63, 3.8) is 0 Å². The van der Waals surface area contributed by atoms with Crippen LogP contribution >= 0.6 is 0 Å². The van der Waals surface area contributed by atoms with E-state index in [9.17, 15) is 22.4 Å². The van der Waals surface area contributed by atoms with Crippen molar-refractivity contribution in [3.8, 4) is 28.5 Å². The van der Waals surface area contributed by atoms with Crippen LogP contribution in [0.15, 0.2) is 35.4 Å². The maximum absolute atomic E-state index is 14.4. The molecule has 0 atom stereocenters. The molecule has 0 unspecified atom stereocenters. The van der Waals surface area contributed by atoms with Crippen molar-refractivity contribution in [1.82, 2.24) is 19.3 Å². The lowest BCUT2D eigenvalue weighted by Crippen LogP contribution is -2.42. The van der Waals surface area contributed by atoms with Crippen molar-refractivity contribution in [2.24, 2.45) is 12.8 Å². The number of halogens is 4. The largest absolute Gasteiger partial charge is 0.408 e. The van der Waals surface area contributed by atoms with Gasteiger partial charge in [0.05, 0.1) is 23.0 Å². The molecule has 4 rings (SSSR count). The summed E-state index contributed by atoms with van der Waals surface area (Å²) in [5.41, 5.74) is 5.67. The van der Waals surface area contributed by atoms with Crippen LogP contribution in [-0.2, 0) is 13.6 Å². The molecule has 2 aromatic heterocycles. The van der Waals surface area contributed by atoms with Gasteiger partial charge in [0, 0.05) is 43.5 Å². The maximum Gasteiger partial charge on any atom is 0.408 e. The van der Waals surface area contributed by atoms with Gasteiger partial charge in [-0.3, -0.25) is 14.0 Å². The molecule has 0 radical (unpaired) electrons. The van der Waals surface area contributed by atoms with Crippen LogP contribution in [0.5, 0.6) is 0 Å². The molecule has 178 valence electrons. The predicted molar refractivity (Wildman–Crippen MR) is 116 cm³/mol. The van der Waals surface area contributed by atoms with Crippen molar-refractivity contribution in [3.05, 3.63) is 52.3 Å². The van der Waals surface area contributed by atoms with E-state index in [2.05, 4.69) is 10.1 Å². The molecule has 3 heterocycles. The third kappa shape index (κ3) is 4.65. The maximum atomic E-state index is 14.4. The molecule has 0 bridgehead atoms. The number of hydrogen-bond acceptors (Lipinski definition) is 6. The fraction of sp³-hybridized carbons (Fsp3) is 0.364. The number of hydrogen-bond donors (Lipinski definition) is 1. The van der Waals surface area contributed by atoms with Gasteiger partial charge in [-0.05, 0) is 25.0 Å². The summed E-state index contributed by atoms with van der Waals surface area (Å²) in [5, 5.41) is 12.8. The molecule has 1 saturated heterocycles. The lowest BCUT2D eigenvalue weighted by molar-refractivity contribution is -0.142. The van der Waals surface area contributed by atoms with E-state index < -0.39 is 24.1 Å². The number of nitrogens with zero attached hydrogens (tertiary/aromatic N) is 6. The average molecular weight is 475 g/mol. The smallest absolute Gasteiger partial charge is 0.342 e. The third-order valence-electron chi connectivity index (χ3n) is 5.72. The number of piperidine rings is 1. The van der Waals surface area contributed by atoms with Crippen molar-refractivity contribution in [2.75, 3.05) is 18.0 Å². The number of nitrogens with two attached hydrogens (primary N) is 1. The molecule has 1 fully saturated rings. The first-order chi connectivity index (χ1) is 16.1. The highest BCUT2D eigenvalue weighted by Crippen LogP contribution is 2.31. The summed E-state index contributed by atoms with van der Waals surface area (Å²) in [6, 6.07) is 5.57. The van der Waals surface area contributed by atoms with Gasteiger partial charge in [-0.1, -0.05) is 6.07 Å². The second-order valence-corrected chi connectivity index (χ2v) is 8.17. The minimum Gasteiger partial charge on any atom is -0.342 e. The van der Waals surface area contributed by atoms with Gasteiger partial charge in [-0.15, -0.1) is 0 Å². The summed E-state index contributed by atoms with van der Waals surface area (Å²) in [7, 11) is 1.52.